The molecule has 1 nitrogen and oxygen atoms in total. The second-order valence-electron chi connectivity index (χ2n) is 7.52. The highest BCUT2D eigenvalue weighted by Crippen LogP contribution is 2.29. The molecule has 0 atom stereocenters. The van der Waals surface area contributed by atoms with Gasteiger partial charge in [-0.2, -0.15) is 0 Å². The maximum atomic E-state index is 4.16. The fraction of sp³-hybridized carbons (Fsp3) is 0.556. The Bertz CT molecular complexity index is 499. The van der Waals surface area contributed by atoms with Crippen LogP contribution in [0.2, 0.25) is 0 Å². The van der Waals surface area contributed by atoms with Crippen molar-refractivity contribution in [2.75, 3.05) is 0 Å². The molecule has 0 N–H and O–H groups in total. The summed E-state index contributed by atoms with van der Waals surface area (Å²) in [5.74, 6) is 0. The van der Waals surface area contributed by atoms with Crippen LogP contribution in [0.1, 0.15) is 58.5 Å². The lowest BCUT2D eigenvalue weighted by Crippen LogP contribution is -2.16. The molecule has 0 saturated carbocycles. The van der Waals surface area contributed by atoms with Gasteiger partial charge in [0.2, 0.25) is 0 Å². The first-order valence-electron chi connectivity index (χ1n) is 6.99. The molecule has 1 heterocycles. The first-order valence-corrected chi connectivity index (χ1v) is 6.99. The van der Waals surface area contributed by atoms with E-state index in [0.717, 1.165) is 5.57 Å². The minimum atomic E-state index is 0.127. The molecule has 0 fully saturated rings. The third-order valence-electron chi connectivity index (χ3n) is 3.65. The van der Waals surface area contributed by atoms with Crippen LogP contribution in [0.25, 0.3) is 6.08 Å². The van der Waals surface area contributed by atoms with Gasteiger partial charge in [0.25, 0.3) is 0 Å². The third kappa shape index (κ3) is 3.62. The van der Waals surface area contributed by atoms with Gasteiger partial charge in [-0.3, -0.25) is 0 Å². The molecule has 1 aromatic heterocycles. The summed E-state index contributed by atoms with van der Waals surface area (Å²) in [4.78, 5) is 0. The number of aryl methyl sites for hydroxylation is 1. The predicted molar refractivity (Wildman–Crippen MR) is 86.5 cm³/mol. The largest absolute Gasteiger partial charge is 0.347 e. The maximum Gasteiger partial charge on any atom is 0.0436 e. The molecular formula is C18H29N. The monoisotopic (exact) mass is 259 g/mol. The van der Waals surface area contributed by atoms with E-state index in [9.17, 15) is 0 Å². The minimum absolute atomic E-state index is 0.127. The predicted octanol–water partition coefficient (Wildman–Crippen LogP) is 5.25. The van der Waals surface area contributed by atoms with Crippen LogP contribution < -0.4 is 0 Å². The lowest BCUT2D eigenvalue weighted by Gasteiger charge is -2.20. The quantitative estimate of drug-likeness (QED) is 0.640. The van der Waals surface area contributed by atoms with Gasteiger partial charge in [-0.05, 0) is 35.6 Å². The molecule has 0 bridgehead atoms. The molecule has 0 amide bonds. The molecule has 1 heteroatoms. The zero-order valence-corrected chi connectivity index (χ0v) is 13.9. The first kappa shape index (κ1) is 15.8. The van der Waals surface area contributed by atoms with E-state index in [1.165, 1.54) is 17.0 Å². The molecule has 19 heavy (non-hydrogen) atoms. The summed E-state index contributed by atoms with van der Waals surface area (Å²) in [5.41, 5.74) is 5.42. The zero-order chi connectivity index (χ0) is 15.0. The van der Waals surface area contributed by atoms with E-state index in [1.54, 1.807) is 0 Å². The summed E-state index contributed by atoms with van der Waals surface area (Å²) in [5, 5.41) is 0. The lowest BCUT2D eigenvalue weighted by molar-refractivity contribution is 0.519. The summed E-state index contributed by atoms with van der Waals surface area (Å²) in [6.07, 6.45) is 4.34. The van der Waals surface area contributed by atoms with Crippen LogP contribution in [0.15, 0.2) is 24.3 Å². The van der Waals surface area contributed by atoms with Gasteiger partial charge < -0.3 is 4.57 Å². The van der Waals surface area contributed by atoms with Crippen molar-refractivity contribution in [2.24, 2.45) is 12.5 Å². The Hall–Kier alpha value is -1.24. The van der Waals surface area contributed by atoms with E-state index in [0.29, 0.717) is 0 Å². The van der Waals surface area contributed by atoms with Gasteiger partial charge in [-0.15, -0.1) is 0 Å². The molecule has 0 radical (unpaired) electrons. The van der Waals surface area contributed by atoms with Crippen LogP contribution in [-0.4, -0.2) is 4.57 Å². The van der Waals surface area contributed by atoms with Crippen molar-refractivity contribution in [3.63, 3.8) is 0 Å². The van der Waals surface area contributed by atoms with Crippen LogP contribution in [-0.2, 0) is 12.5 Å². The average Bonchev–Trinajstić information content (AvgIpc) is 2.49. The van der Waals surface area contributed by atoms with E-state index < -0.39 is 0 Å². The molecule has 106 valence electrons. The Kier molecular flexibility index (Phi) is 4.19. The SMILES string of the molecule is C=C(/C=C\c1c(C)cc(C(C)(C)C)n1C)C(C)(C)C. The third-order valence-corrected chi connectivity index (χ3v) is 3.65. The van der Waals surface area contributed by atoms with Crippen molar-refractivity contribution >= 4 is 6.08 Å². The summed E-state index contributed by atoms with van der Waals surface area (Å²) in [6.45, 7) is 19.7. The Morgan fingerprint density at radius 1 is 1.16 bits per heavy atom. The van der Waals surface area contributed by atoms with Crippen LogP contribution in [0.5, 0.6) is 0 Å². The summed E-state index contributed by atoms with van der Waals surface area (Å²) in [6, 6.07) is 2.29. The molecule has 0 aliphatic carbocycles. The number of rotatable bonds is 2. The molecule has 1 aromatic rings. The molecular weight excluding hydrogens is 230 g/mol. The molecule has 0 saturated heterocycles. The highest BCUT2D eigenvalue weighted by atomic mass is 15.0. The molecule has 0 unspecified atom stereocenters. The summed E-state index contributed by atoms with van der Waals surface area (Å²) < 4.78 is 2.29. The Morgan fingerprint density at radius 3 is 2.05 bits per heavy atom. The highest BCUT2D eigenvalue weighted by Gasteiger charge is 2.20. The van der Waals surface area contributed by atoms with Crippen molar-refractivity contribution < 1.29 is 0 Å². The fourth-order valence-corrected chi connectivity index (χ4v) is 2.16. The molecule has 1 rings (SSSR count). The number of aromatic nitrogens is 1. The summed E-state index contributed by atoms with van der Waals surface area (Å²) >= 11 is 0. The molecule has 0 aliphatic rings. The smallest absolute Gasteiger partial charge is 0.0436 e. The van der Waals surface area contributed by atoms with E-state index >= 15 is 0 Å². The second kappa shape index (κ2) is 5.03. The van der Waals surface area contributed by atoms with E-state index in [-0.39, 0.29) is 10.8 Å². The molecule has 0 aliphatic heterocycles. The number of hydrogen-bond donors (Lipinski definition) is 0. The van der Waals surface area contributed by atoms with E-state index in [2.05, 4.69) is 84.9 Å². The fourth-order valence-electron chi connectivity index (χ4n) is 2.16. The average molecular weight is 259 g/mol. The normalized spacial score (nSPS) is 13.3. The molecule has 0 spiro atoms. The number of hydrogen-bond acceptors (Lipinski definition) is 0. The topological polar surface area (TPSA) is 4.93 Å². The Balaban J connectivity index is 3.14. The van der Waals surface area contributed by atoms with Gasteiger partial charge in [0.1, 0.15) is 0 Å². The van der Waals surface area contributed by atoms with Gasteiger partial charge in [-0.1, -0.05) is 54.2 Å². The van der Waals surface area contributed by atoms with Gasteiger partial charge >= 0.3 is 0 Å². The van der Waals surface area contributed by atoms with E-state index in [1.807, 2.05) is 0 Å². The highest BCUT2D eigenvalue weighted by molar-refractivity contribution is 5.55. The van der Waals surface area contributed by atoms with Gasteiger partial charge in [0, 0.05) is 23.9 Å². The van der Waals surface area contributed by atoms with Crippen LogP contribution in [0.4, 0.5) is 0 Å². The standard InChI is InChI=1S/C18H29N/c1-13-12-16(18(6,7)8)19(9)15(13)11-10-14(2)17(3,4)5/h10-12H,2H2,1,3-9H3/b11-10-. The minimum Gasteiger partial charge on any atom is -0.347 e. The first-order chi connectivity index (χ1) is 8.44. The Morgan fingerprint density at radius 2 is 1.68 bits per heavy atom. The van der Waals surface area contributed by atoms with E-state index in [4.69, 9.17) is 0 Å². The van der Waals surface area contributed by atoms with Crippen LogP contribution in [0, 0.1) is 12.3 Å². The van der Waals surface area contributed by atoms with Crippen LogP contribution >= 0.6 is 0 Å². The number of allylic oxidation sites excluding steroid dienone is 2. The van der Waals surface area contributed by atoms with Crippen molar-refractivity contribution in [3.05, 3.63) is 41.2 Å². The zero-order valence-electron chi connectivity index (χ0n) is 13.9. The maximum absolute atomic E-state index is 4.16. The lowest BCUT2D eigenvalue weighted by atomic mass is 9.87. The van der Waals surface area contributed by atoms with Crippen molar-refractivity contribution in [1.82, 2.24) is 4.57 Å². The van der Waals surface area contributed by atoms with Crippen LogP contribution in [0.3, 0.4) is 0 Å². The van der Waals surface area contributed by atoms with Crippen molar-refractivity contribution in [3.8, 4) is 0 Å². The molecule has 0 aromatic carbocycles. The van der Waals surface area contributed by atoms with Gasteiger partial charge in [0.15, 0.2) is 0 Å². The van der Waals surface area contributed by atoms with Crippen molar-refractivity contribution in [1.29, 1.82) is 0 Å². The van der Waals surface area contributed by atoms with Gasteiger partial charge in [-0.25, -0.2) is 0 Å². The van der Waals surface area contributed by atoms with Crippen molar-refractivity contribution in [2.45, 2.75) is 53.9 Å². The number of nitrogens with zero attached hydrogens (tertiary/aromatic N) is 1. The Labute approximate surface area is 119 Å². The van der Waals surface area contributed by atoms with Gasteiger partial charge in [0.05, 0.1) is 0 Å². The second-order valence-corrected chi connectivity index (χ2v) is 7.52. The summed E-state index contributed by atoms with van der Waals surface area (Å²) in [7, 11) is 2.15.